The Balaban J connectivity index is 1.24. The van der Waals surface area contributed by atoms with Crippen molar-refractivity contribution in [3.05, 3.63) is 144 Å². The molecular formula is C45H43N3O+2. The van der Waals surface area contributed by atoms with Crippen LogP contribution in [0.5, 0.6) is 0 Å². The highest BCUT2D eigenvalue weighted by Crippen LogP contribution is 2.46. The summed E-state index contributed by atoms with van der Waals surface area (Å²) in [4.78, 5) is 0. The molecule has 2 aliphatic heterocycles. The predicted molar refractivity (Wildman–Crippen MR) is 199 cm³/mol. The summed E-state index contributed by atoms with van der Waals surface area (Å²) < 4.78 is 14.1. The Morgan fingerprint density at radius 2 is 1.57 bits per heavy atom. The number of pyridine rings is 1. The van der Waals surface area contributed by atoms with E-state index in [9.17, 15) is 0 Å². The molecule has 242 valence electrons. The quantitative estimate of drug-likeness (QED) is 0.172. The third kappa shape index (κ3) is 4.72. The molecule has 9 rings (SSSR count). The van der Waals surface area contributed by atoms with Crippen molar-refractivity contribution in [2.75, 3.05) is 0 Å². The van der Waals surface area contributed by atoms with Crippen molar-refractivity contribution in [3.63, 3.8) is 0 Å². The molecular weight excluding hydrogens is 599 g/mol. The Labute approximate surface area is 288 Å². The van der Waals surface area contributed by atoms with E-state index in [4.69, 9.17) is 11.0 Å². The van der Waals surface area contributed by atoms with Crippen LogP contribution >= 0.6 is 0 Å². The van der Waals surface area contributed by atoms with Gasteiger partial charge in [0, 0.05) is 28.8 Å². The van der Waals surface area contributed by atoms with Crippen LogP contribution in [-0.2, 0) is 19.3 Å². The van der Waals surface area contributed by atoms with Crippen LogP contribution in [0.15, 0.2) is 127 Å². The highest BCUT2D eigenvalue weighted by Gasteiger charge is 2.43. The summed E-state index contributed by atoms with van der Waals surface area (Å²) in [5, 5.41) is 2.33. The lowest BCUT2D eigenvalue weighted by Crippen LogP contribution is -2.49. The maximum atomic E-state index is 6.67. The van der Waals surface area contributed by atoms with Crippen molar-refractivity contribution in [3.8, 4) is 28.3 Å². The second-order valence-corrected chi connectivity index (χ2v) is 13.9. The summed E-state index contributed by atoms with van der Waals surface area (Å²) in [6.45, 7) is 9.37. The first kappa shape index (κ1) is 29.9. The number of imidazole rings is 1. The first-order chi connectivity index (χ1) is 24.2. The van der Waals surface area contributed by atoms with E-state index in [1.165, 1.54) is 50.3 Å². The van der Waals surface area contributed by atoms with E-state index >= 15 is 0 Å². The maximum Gasteiger partial charge on any atom is 0.294 e. The van der Waals surface area contributed by atoms with Gasteiger partial charge in [0.05, 0.1) is 17.5 Å². The molecule has 0 saturated carbocycles. The highest BCUT2D eigenvalue weighted by molar-refractivity contribution is 6.09. The number of aryl methyl sites for hydroxylation is 3. The highest BCUT2D eigenvalue weighted by atomic mass is 16.3. The number of nitrogens with zero attached hydrogens (tertiary/aromatic N) is 3. The minimum atomic E-state index is 0.226. The molecule has 49 heavy (non-hydrogen) atoms. The lowest BCUT2D eigenvalue weighted by Gasteiger charge is -2.32. The van der Waals surface area contributed by atoms with Crippen molar-refractivity contribution in [1.29, 1.82) is 0 Å². The molecule has 0 N–H and O–H groups in total. The summed E-state index contributed by atoms with van der Waals surface area (Å²) in [6, 6.07) is 35.9. The average molecular weight is 642 g/mol. The van der Waals surface area contributed by atoms with Crippen LogP contribution in [0.1, 0.15) is 73.7 Å². The Hall–Kier alpha value is -5.22. The Bertz CT molecular complexity index is 2370. The molecule has 3 aromatic heterocycles. The first-order valence-electron chi connectivity index (χ1n) is 18.1. The zero-order valence-electron chi connectivity index (χ0n) is 28.5. The van der Waals surface area contributed by atoms with Gasteiger partial charge in [-0.1, -0.05) is 93.4 Å². The first-order valence-corrected chi connectivity index (χ1v) is 18.1. The Morgan fingerprint density at radius 1 is 0.796 bits per heavy atom. The number of fused-ring (bicyclic) bond motifs is 13. The van der Waals surface area contributed by atoms with E-state index in [2.05, 4.69) is 143 Å². The molecule has 2 unspecified atom stereocenters. The van der Waals surface area contributed by atoms with Crippen LogP contribution < -0.4 is 9.13 Å². The lowest BCUT2D eigenvalue weighted by molar-refractivity contribution is -0.719. The van der Waals surface area contributed by atoms with Gasteiger partial charge in [-0.15, -0.1) is 0 Å². The van der Waals surface area contributed by atoms with Gasteiger partial charge in [0.2, 0.25) is 5.69 Å². The predicted octanol–water partition coefficient (Wildman–Crippen LogP) is 10.3. The zero-order valence-corrected chi connectivity index (χ0v) is 28.5. The number of aromatic nitrogens is 3. The molecule has 0 amide bonds. The van der Waals surface area contributed by atoms with Gasteiger partial charge < -0.3 is 4.42 Å². The monoisotopic (exact) mass is 641 g/mol. The van der Waals surface area contributed by atoms with Gasteiger partial charge >= 0.3 is 0 Å². The summed E-state index contributed by atoms with van der Waals surface area (Å²) in [5.74, 6) is 1.61. The number of para-hydroxylation sites is 2. The van der Waals surface area contributed by atoms with Crippen molar-refractivity contribution in [2.24, 2.45) is 0 Å². The Kier molecular flexibility index (Phi) is 7.34. The molecule has 4 heteroatoms. The van der Waals surface area contributed by atoms with Crippen LogP contribution in [-0.4, -0.2) is 4.57 Å². The van der Waals surface area contributed by atoms with Gasteiger partial charge in [-0.2, -0.15) is 9.13 Å². The second kappa shape index (κ2) is 12.0. The SMILES string of the molecule is C=C1CC2C(CCc3ccc4c(oc5ccccc54)c3-c3cccc[n+]31)c1ccccc1-c1n(-c3c(CCC)cccc3CCC)cc[n+]12. The van der Waals surface area contributed by atoms with Gasteiger partial charge in [0.25, 0.3) is 5.82 Å². The number of hydrogen-bond donors (Lipinski definition) is 0. The largest absolute Gasteiger partial charge is 0.455 e. The second-order valence-electron chi connectivity index (χ2n) is 13.9. The van der Waals surface area contributed by atoms with Crippen molar-refractivity contribution in [1.82, 2.24) is 4.57 Å². The molecule has 0 spiro atoms. The van der Waals surface area contributed by atoms with Crippen LogP contribution in [0.25, 0.3) is 56.0 Å². The number of hydrogen-bond acceptors (Lipinski definition) is 1. The van der Waals surface area contributed by atoms with Gasteiger partial charge in [0.15, 0.2) is 11.9 Å². The molecule has 4 aromatic carbocycles. The fourth-order valence-electron chi connectivity index (χ4n) is 8.92. The van der Waals surface area contributed by atoms with E-state index in [-0.39, 0.29) is 6.04 Å². The van der Waals surface area contributed by atoms with Crippen molar-refractivity contribution < 1.29 is 13.6 Å². The number of furan rings is 1. The van der Waals surface area contributed by atoms with Gasteiger partial charge in [-0.25, -0.2) is 4.57 Å². The summed E-state index contributed by atoms with van der Waals surface area (Å²) in [7, 11) is 0. The van der Waals surface area contributed by atoms with E-state index in [0.29, 0.717) is 5.92 Å². The number of rotatable bonds is 5. The molecule has 0 fully saturated rings. The standard InChI is InChI=1S/C45H43N3O/c1-4-13-32-15-12-16-33(14-5-2)43(32)48-28-27-47-40-29-30(3)46-26-11-10-20-39(46)42-31(22-24-35(40)34-17-6-7-19-38(34)45(47)48)23-25-37-36-18-8-9-21-41(36)49-44(37)42/h6-12,15-21,23,25-28,35,40H,3-5,13-14,22,24,29H2,1-2H3/q+2. The Morgan fingerprint density at radius 3 is 2.41 bits per heavy atom. The van der Waals surface area contributed by atoms with Crippen LogP contribution in [0.3, 0.4) is 0 Å². The maximum absolute atomic E-state index is 6.67. The fourth-order valence-corrected chi connectivity index (χ4v) is 8.92. The van der Waals surface area contributed by atoms with Crippen LogP contribution in [0.2, 0.25) is 0 Å². The zero-order chi connectivity index (χ0) is 33.1. The summed E-state index contributed by atoms with van der Waals surface area (Å²) in [5.41, 5.74) is 13.7. The van der Waals surface area contributed by atoms with Crippen molar-refractivity contribution >= 4 is 27.6 Å². The van der Waals surface area contributed by atoms with Crippen molar-refractivity contribution in [2.45, 2.75) is 70.8 Å². The van der Waals surface area contributed by atoms with Gasteiger partial charge in [0.1, 0.15) is 35.3 Å². The molecule has 7 aromatic rings. The minimum absolute atomic E-state index is 0.226. The van der Waals surface area contributed by atoms with Gasteiger partial charge in [-0.05, 0) is 72.7 Å². The molecule has 0 saturated heterocycles. The molecule has 4 nitrogen and oxygen atoms in total. The summed E-state index contributed by atoms with van der Waals surface area (Å²) in [6.07, 6.45) is 14.1. The van der Waals surface area contributed by atoms with Crippen LogP contribution in [0, 0.1) is 0 Å². The molecule has 0 bridgehead atoms. The van der Waals surface area contributed by atoms with Crippen LogP contribution in [0.4, 0.5) is 0 Å². The third-order valence-electron chi connectivity index (χ3n) is 11.0. The minimum Gasteiger partial charge on any atom is -0.455 e. The molecule has 2 atom stereocenters. The molecule has 0 radical (unpaired) electrons. The molecule has 2 aliphatic rings. The van der Waals surface area contributed by atoms with E-state index in [1.807, 2.05) is 0 Å². The number of allylic oxidation sites excluding steroid dienone is 1. The van der Waals surface area contributed by atoms with E-state index < -0.39 is 0 Å². The fraction of sp³-hybridized carbons (Fsp3) is 0.244. The lowest BCUT2D eigenvalue weighted by atomic mass is 9.78. The topological polar surface area (TPSA) is 25.8 Å². The molecule has 0 aliphatic carbocycles. The van der Waals surface area contributed by atoms with Gasteiger partial charge in [-0.3, -0.25) is 0 Å². The smallest absolute Gasteiger partial charge is 0.294 e. The number of benzene rings is 4. The average Bonchev–Trinajstić information content (AvgIpc) is 3.74. The van der Waals surface area contributed by atoms with E-state index in [0.717, 1.165) is 72.9 Å². The molecule has 5 heterocycles. The summed E-state index contributed by atoms with van der Waals surface area (Å²) >= 11 is 0. The third-order valence-corrected chi connectivity index (χ3v) is 11.0. The normalized spacial score (nSPS) is 16.9. The van der Waals surface area contributed by atoms with E-state index in [1.54, 1.807) is 0 Å².